The minimum Gasteiger partial charge on any atom is -0.361 e. The molecule has 4 aromatic rings. The van der Waals surface area contributed by atoms with Gasteiger partial charge in [0, 0.05) is 52.0 Å². The van der Waals surface area contributed by atoms with Gasteiger partial charge >= 0.3 is 0 Å². The molecule has 4 heterocycles. The highest BCUT2D eigenvalue weighted by Gasteiger charge is 2.70. The summed E-state index contributed by atoms with van der Waals surface area (Å²) in [5.74, 6) is -3.23. The van der Waals surface area contributed by atoms with Crippen LogP contribution in [0.1, 0.15) is 23.6 Å². The normalized spacial score (nSPS) is 24.7. The van der Waals surface area contributed by atoms with Crippen LogP contribution in [0, 0.1) is 18.8 Å². The number of imide groups is 1. The van der Waals surface area contributed by atoms with Crippen LogP contribution in [0.15, 0.2) is 66.9 Å². The first-order valence-electron chi connectivity index (χ1n) is 13.4. The number of anilines is 3. The van der Waals surface area contributed by atoms with Crippen molar-refractivity contribution in [1.82, 2.24) is 10.3 Å². The van der Waals surface area contributed by atoms with E-state index in [-0.39, 0.29) is 17.7 Å². The summed E-state index contributed by atoms with van der Waals surface area (Å²) in [5, 5.41) is 10.6. The maximum absolute atomic E-state index is 14.3. The van der Waals surface area contributed by atoms with Crippen LogP contribution < -0.4 is 20.9 Å². The summed E-state index contributed by atoms with van der Waals surface area (Å²) in [5.41, 5.74) is 3.36. The second-order valence-electron chi connectivity index (χ2n) is 11.0. The molecule has 4 N–H and O–H groups in total. The third-order valence-electron chi connectivity index (χ3n) is 8.55. The predicted molar refractivity (Wildman–Crippen MR) is 156 cm³/mol. The Hall–Kier alpha value is -4.47. The molecule has 206 valence electrons. The third kappa shape index (κ3) is 3.66. The van der Waals surface area contributed by atoms with Crippen LogP contribution in [0.5, 0.6) is 0 Å². The van der Waals surface area contributed by atoms with Crippen molar-refractivity contribution in [1.29, 1.82) is 0 Å². The van der Waals surface area contributed by atoms with E-state index < -0.39 is 29.3 Å². The first-order chi connectivity index (χ1) is 19.7. The smallest absolute Gasteiger partial charge is 0.250 e. The number of carbonyl (C=O) groups is 4. The summed E-state index contributed by atoms with van der Waals surface area (Å²) in [6.07, 6.45) is 2.33. The summed E-state index contributed by atoms with van der Waals surface area (Å²) in [6, 6.07) is 17.4. The van der Waals surface area contributed by atoms with Gasteiger partial charge in [0.05, 0.1) is 17.5 Å². The SMILES string of the molecule is CC(=O)Nc1ccc(N2C(=O)[C@@H]3C(Cc4c[nH]c5ccccc45)NC4(C(=O)Nc5c(C)cc(Cl)cc54)[C@@H]3C2=O)cc1. The third-order valence-corrected chi connectivity index (χ3v) is 8.76. The molecule has 0 radical (unpaired) electrons. The van der Waals surface area contributed by atoms with Crippen molar-refractivity contribution in [3.05, 3.63) is 88.6 Å². The minimum atomic E-state index is -1.47. The van der Waals surface area contributed by atoms with Crippen LogP contribution >= 0.6 is 11.6 Å². The van der Waals surface area contributed by atoms with Gasteiger partial charge in [-0.05, 0) is 66.9 Å². The highest BCUT2D eigenvalue weighted by atomic mass is 35.5. The molecule has 1 aromatic heterocycles. The van der Waals surface area contributed by atoms with Crippen molar-refractivity contribution in [2.24, 2.45) is 11.8 Å². The molecule has 0 bridgehead atoms. The number of aromatic amines is 1. The number of aromatic nitrogens is 1. The Morgan fingerprint density at radius 2 is 1.80 bits per heavy atom. The number of rotatable bonds is 4. The Balaban J connectivity index is 1.35. The lowest BCUT2D eigenvalue weighted by Gasteiger charge is -2.29. The number of nitrogens with zero attached hydrogens (tertiary/aromatic N) is 1. The maximum atomic E-state index is 14.3. The molecular weight excluding hydrogens is 542 g/mol. The molecule has 10 heteroatoms. The lowest BCUT2D eigenvalue weighted by Crippen LogP contribution is -2.53. The molecular formula is C31H26ClN5O4. The Morgan fingerprint density at radius 3 is 2.56 bits per heavy atom. The molecule has 0 aliphatic carbocycles. The molecule has 3 aromatic carbocycles. The van der Waals surface area contributed by atoms with Gasteiger partial charge < -0.3 is 15.6 Å². The van der Waals surface area contributed by atoms with Gasteiger partial charge in [0.15, 0.2) is 0 Å². The molecule has 9 nitrogen and oxygen atoms in total. The molecule has 4 amide bonds. The van der Waals surface area contributed by atoms with Crippen molar-refractivity contribution in [3.63, 3.8) is 0 Å². The summed E-state index contributed by atoms with van der Waals surface area (Å²) in [4.78, 5) is 58.3. The number of H-pyrrole nitrogens is 1. The first kappa shape index (κ1) is 25.5. The fourth-order valence-electron chi connectivity index (χ4n) is 6.90. The first-order valence-corrected chi connectivity index (χ1v) is 13.8. The molecule has 41 heavy (non-hydrogen) atoms. The summed E-state index contributed by atoms with van der Waals surface area (Å²) in [7, 11) is 0. The molecule has 3 aliphatic heterocycles. The second kappa shape index (κ2) is 9.02. The average Bonchev–Trinajstić information content (AvgIpc) is 3.64. The zero-order chi connectivity index (χ0) is 28.6. The number of hydrogen-bond acceptors (Lipinski definition) is 5. The van der Waals surface area contributed by atoms with Gasteiger partial charge in [0.2, 0.25) is 23.6 Å². The van der Waals surface area contributed by atoms with Gasteiger partial charge in [-0.2, -0.15) is 0 Å². The van der Waals surface area contributed by atoms with E-state index in [1.807, 2.05) is 37.4 Å². The molecule has 3 aliphatic rings. The topological polar surface area (TPSA) is 123 Å². The molecule has 1 spiro atoms. The van der Waals surface area contributed by atoms with Gasteiger partial charge in [-0.1, -0.05) is 29.8 Å². The fourth-order valence-corrected chi connectivity index (χ4v) is 7.17. The van der Waals surface area contributed by atoms with Crippen molar-refractivity contribution in [2.45, 2.75) is 31.8 Å². The van der Waals surface area contributed by atoms with E-state index in [1.54, 1.807) is 36.4 Å². The summed E-state index contributed by atoms with van der Waals surface area (Å²) >= 11 is 6.47. The lowest BCUT2D eigenvalue weighted by molar-refractivity contribution is -0.130. The molecule has 4 atom stereocenters. The summed E-state index contributed by atoms with van der Waals surface area (Å²) < 4.78 is 0. The predicted octanol–water partition coefficient (Wildman–Crippen LogP) is 4.26. The molecule has 2 fully saturated rings. The Morgan fingerprint density at radius 1 is 1.05 bits per heavy atom. The van der Waals surface area contributed by atoms with Gasteiger partial charge in [-0.15, -0.1) is 0 Å². The van der Waals surface area contributed by atoms with E-state index in [4.69, 9.17) is 11.6 Å². The van der Waals surface area contributed by atoms with Gasteiger partial charge in [0.1, 0.15) is 5.54 Å². The lowest BCUT2D eigenvalue weighted by atomic mass is 9.76. The Labute approximate surface area is 240 Å². The number of fused-ring (bicyclic) bond motifs is 5. The molecule has 2 saturated heterocycles. The maximum Gasteiger partial charge on any atom is 0.250 e. The molecule has 0 saturated carbocycles. The van der Waals surface area contributed by atoms with Gasteiger partial charge in [0.25, 0.3) is 0 Å². The average molecular weight is 568 g/mol. The number of para-hydroxylation sites is 1. The number of benzene rings is 3. The number of amides is 4. The van der Waals surface area contributed by atoms with E-state index in [1.165, 1.54) is 11.8 Å². The monoisotopic (exact) mass is 567 g/mol. The quantitative estimate of drug-likeness (QED) is 0.274. The standard InChI is InChI=1S/C31H26ClN5O4/c1-15-11-18(32)13-22-27(15)35-30(41)31(22)26-25(24(36-31)12-17-14-33-23-6-4-3-5-21(17)23)28(39)37(29(26)40)20-9-7-19(8-10-20)34-16(2)38/h3-11,13-14,24-26,33,36H,12H2,1-2H3,(H,34,38)(H,35,41)/t24?,25-,26+,31?/m1/s1. The number of hydrogen-bond donors (Lipinski definition) is 4. The molecule has 7 rings (SSSR count). The van der Waals surface area contributed by atoms with Gasteiger partial charge in [-0.3, -0.25) is 24.5 Å². The van der Waals surface area contributed by atoms with Crippen LogP contribution in [-0.2, 0) is 31.1 Å². The van der Waals surface area contributed by atoms with Crippen molar-refractivity contribution >= 4 is 63.2 Å². The van der Waals surface area contributed by atoms with Crippen LogP contribution in [0.2, 0.25) is 5.02 Å². The number of carbonyl (C=O) groups excluding carboxylic acids is 4. The van der Waals surface area contributed by atoms with Crippen molar-refractivity contribution in [2.75, 3.05) is 15.5 Å². The summed E-state index contributed by atoms with van der Waals surface area (Å²) in [6.45, 7) is 3.26. The van der Waals surface area contributed by atoms with Crippen LogP contribution in [-0.4, -0.2) is 34.7 Å². The van der Waals surface area contributed by atoms with Crippen LogP contribution in [0.3, 0.4) is 0 Å². The fraction of sp³-hybridized carbons (Fsp3) is 0.226. The number of nitrogens with one attached hydrogen (secondary N) is 4. The minimum absolute atomic E-state index is 0.228. The van der Waals surface area contributed by atoms with E-state index in [9.17, 15) is 19.2 Å². The zero-order valence-electron chi connectivity index (χ0n) is 22.2. The van der Waals surface area contributed by atoms with Crippen LogP contribution in [0.25, 0.3) is 10.9 Å². The van der Waals surface area contributed by atoms with Crippen molar-refractivity contribution < 1.29 is 19.2 Å². The Bertz CT molecular complexity index is 1800. The number of halogens is 1. The zero-order valence-corrected chi connectivity index (χ0v) is 23.0. The van der Waals surface area contributed by atoms with E-state index in [0.717, 1.165) is 22.0 Å². The molecule has 2 unspecified atom stereocenters. The number of aryl methyl sites for hydroxylation is 1. The Kier molecular flexibility index (Phi) is 5.61. The van der Waals surface area contributed by atoms with E-state index in [2.05, 4.69) is 20.9 Å². The van der Waals surface area contributed by atoms with Gasteiger partial charge in [-0.25, -0.2) is 4.90 Å². The highest BCUT2D eigenvalue weighted by molar-refractivity contribution is 6.31. The highest BCUT2D eigenvalue weighted by Crippen LogP contribution is 2.55. The largest absolute Gasteiger partial charge is 0.361 e. The second-order valence-corrected chi connectivity index (χ2v) is 11.4. The van der Waals surface area contributed by atoms with E-state index in [0.29, 0.717) is 34.1 Å². The van der Waals surface area contributed by atoms with Crippen molar-refractivity contribution in [3.8, 4) is 0 Å². The van der Waals surface area contributed by atoms with E-state index >= 15 is 0 Å². The van der Waals surface area contributed by atoms with Crippen LogP contribution in [0.4, 0.5) is 17.1 Å².